The third-order valence-electron chi connectivity index (χ3n) is 3.40. The molecule has 1 aliphatic heterocycles. The number of rotatable bonds is 1. The Labute approximate surface area is 109 Å². The number of Topliss-reactive ketones (excluding diaryl/α,β-unsaturated/α-hetero) is 1. The van der Waals surface area contributed by atoms with Gasteiger partial charge in [-0.15, -0.1) is 6.42 Å². The van der Waals surface area contributed by atoms with Crippen LogP contribution in [0.4, 0.5) is 4.79 Å². The molecule has 0 aliphatic carbocycles. The highest BCUT2D eigenvalue weighted by Crippen LogP contribution is 2.36. The molecule has 1 fully saturated rings. The fraction of sp³-hybridized carbons (Fsp3) is 0.714. The minimum Gasteiger partial charge on any atom is -0.444 e. The van der Waals surface area contributed by atoms with E-state index in [2.05, 4.69) is 5.92 Å². The number of amides is 1. The van der Waals surface area contributed by atoms with Gasteiger partial charge in [-0.2, -0.15) is 0 Å². The van der Waals surface area contributed by atoms with Gasteiger partial charge < -0.3 is 9.64 Å². The van der Waals surface area contributed by atoms with Crippen LogP contribution in [0.2, 0.25) is 0 Å². The molecule has 0 saturated carbocycles. The van der Waals surface area contributed by atoms with Crippen molar-refractivity contribution in [1.29, 1.82) is 0 Å². The quantitative estimate of drug-likeness (QED) is 0.529. The van der Waals surface area contributed by atoms with Crippen LogP contribution in [0, 0.1) is 23.7 Å². The first kappa shape index (κ1) is 14.6. The number of ketones is 1. The summed E-state index contributed by atoms with van der Waals surface area (Å²) in [6.45, 7) is 10.0. The van der Waals surface area contributed by atoms with Crippen LogP contribution in [0.1, 0.15) is 34.6 Å². The van der Waals surface area contributed by atoms with E-state index < -0.39 is 11.0 Å². The van der Waals surface area contributed by atoms with E-state index >= 15 is 0 Å². The summed E-state index contributed by atoms with van der Waals surface area (Å²) in [6.07, 6.45) is 4.80. The van der Waals surface area contributed by atoms with Gasteiger partial charge in [0, 0.05) is 13.1 Å². The molecule has 0 aromatic heterocycles. The fourth-order valence-electron chi connectivity index (χ4n) is 2.07. The van der Waals surface area contributed by atoms with Crippen molar-refractivity contribution >= 4 is 11.9 Å². The summed E-state index contributed by atoms with van der Waals surface area (Å²) < 4.78 is 5.30. The predicted octanol–water partition coefficient (Wildman–Crippen LogP) is 2.08. The Hall–Kier alpha value is -1.50. The predicted molar refractivity (Wildman–Crippen MR) is 68.9 cm³/mol. The Kier molecular flexibility index (Phi) is 3.75. The minimum absolute atomic E-state index is 0.0357. The molecule has 2 atom stereocenters. The Bertz CT molecular complexity index is 402. The monoisotopic (exact) mass is 251 g/mol. The van der Waals surface area contributed by atoms with Gasteiger partial charge in [0.2, 0.25) is 5.78 Å². The van der Waals surface area contributed by atoms with Crippen LogP contribution in [0.3, 0.4) is 0 Å². The second kappa shape index (κ2) is 4.64. The summed E-state index contributed by atoms with van der Waals surface area (Å²) in [5, 5.41) is 0. The van der Waals surface area contributed by atoms with Gasteiger partial charge in [0.15, 0.2) is 0 Å². The van der Waals surface area contributed by atoms with E-state index in [0.29, 0.717) is 13.1 Å². The number of hydrogen-bond acceptors (Lipinski definition) is 3. The summed E-state index contributed by atoms with van der Waals surface area (Å²) in [6, 6.07) is 0. The van der Waals surface area contributed by atoms with Gasteiger partial charge in [-0.05, 0) is 39.5 Å². The van der Waals surface area contributed by atoms with Crippen LogP contribution in [-0.4, -0.2) is 35.5 Å². The summed E-state index contributed by atoms with van der Waals surface area (Å²) in [5.74, 6) is 1.95. The van der Waals surface area contributed by atoms with E-state index in [1.807, 2.05) is 34.6 Å². The molecular formula is C14H21NO3. The van der Waals surface area contributed by atoms with E-state index in [0.717, 1.165) is 0 Å². The van der Waals surface area contributed by atoms with Crippen molar-refractivity contribution in [2.45, 2.75) is 40.2 Å². The van der Waals surface area contributed by atoms with E-state index in [1.165, 1.54) is 0 Å². The number of carbonyl (C=O) groups excluding carboxylic acids is 2. The molecule has 0 aromatic carbocycles. The van der Waals surface area contributed by atoms with Crippen LogP contribution >= 0.6 is 0 Å². The largest absolute Gasteiger partial charge is 0.444 e. The van der Waals surface area contributed by atoms with Crippen molar-refractivity contribution in [3.63, 3.8) is 0 Å². The highest BCUT2D eigenvalue weighted by atomic mass is 16.6. The molecule has 1 saturated heterocycles. The summed E-state index contributed by atoms with van der Waals surface area (Å²) >= 11 is 0. The normalized spacial score (nSPS) is 27.8. The van der Waals surface area contributed by atoms with Gasteiger partial charge in [-0.25, -0.2) is 4.79 Å². The van der Waals surface area contributed by atoms with Gasteiger partial charge in [-0.3, -0.25) is 4.79 Å². The molecule has 1 aliphatic rings. The number of likely N-dealkylation sites (tertiary alicyclic amines) is 1. The lowest BCUT2D eigenvalue weighted by atomic mass is 9.77. The van der Waals surface area contributed by atoms with Crippen molar-refractivity contribution in [3.8, 4) is 12.3 Å². The molecule has 18 heavy (non-hydrogen) atoms. The SMILES string of the molecule is C#CC(=O)[C@]1(C)CN(C(=O)OC(C)(C)C)C[C@H]1C. The standard InChI is InChI=1S/C14H21NO3/c1-7-11(16)14(6)9-15(8-10(14)2)12(17)18-13(3,4)5/h1,10H,8-9H2,2-6H3/t10-,14-/m1/s1. The molecule has 0 N–H and O–H groups in total. The Morgan fingerprint density at radius 3 is 2.44 bits per heavy atom. The lowest BCUT2D eigenvalue weighted by Gasteiger charge is -2.26. The van der Waals surface area contributed by atoms with Crippen molar-refractivity contribution in [2.24, 2.45) is 11.3 Å². The van der Waals surface area contributed by atoms with Crippen molar-refractivity contribution < 1.29 is 14.3 Å². The molecule has 100 valence electrons. The van der Waals surface area contributed by atoms with Gasteiger partial charge in [0.1, 0.15) is 5.60 Å². The zero-order valence-corrected chi connectivity index (χ0v) is 11.7. The second-order valence-electron chi connectivity index (χ2n) is 6.15. The first-order chi connectivity index (χ1) is 8.10. The first-order valence-electron chi connectivity index (χ1n) is 6.09. The van der Waals surface area contributed by atoms with Crippen LogP contribution in [-0.2, 0) is 9.53 Å². The van der Waals surface area contributed by atoms with E-state index in [4.69, 9.17) is 11.2 Å². The maximum atomic E-state index is 11.9. The maximum absolute atomic E-state index is 11.9. The number of terminal acetylenes is 1. The van der Waals surface area contributed by atoms with E-state index in [-0.39, 0.29) is 17.8 Å². The van der Waals surface area contributed by atoms with Gasteiger partial charge in [-0.1, -0.05) is 6.92 Å². The molecular weight excluding hydrogens is 230 g/mol. The Morgan fingerprint density at radius 2 is 2.00 bits per heavy atom. The number of nitrogens with zero attached hydrogens (tertiary/aromatic N) is 1. The van der Waals surface area contributed by atoms with Crippen LogP contribution < -0.4 is 0 Å². The lowest BCUT2D eigenvalue weighted by molar-refractivity contribution is -0.122. The Balaban J connectivity index is 2.79. The first-order valence-corrected chi connectivity index (χ1v) is 6.09. The summed E-state index contributed by atoms with van der Waals surface area (Å²) in [7, 11) is 0. The second-order valence-corrected chi connectivity index (χ2v) is 6.15. The zero-order chi connectivity index (χ0) is 14.1. The highest BCUT2D eigenvalue weighted by molar-refractivity contribution is 6.00. The molecule has 1 amide bonds. The third-order valence-corrected chi connectivity index (χ3v) is 3.40. The fourth-order valence-corrected chi connectivity index (χ4v) is 2.07. The summed E-state index contributed by atoms with van der Waals surface area (Å²) in [5.41, 5.74) is -1.19. The minimum atomic E-state index is -0.661. The van der Waals surface area contributed by atoms with Gasteiger partial charge in [0.05, 0.1) is 5.41 Å². The molecule has 0 aromatic rings. The van der Waals surface area contributed by atoms with Gasteiger partial charge >= 0.3 is 6.09 Å². The molecule has 0 unspecified atom stereocenters. The van der Waals surface area contributed by atoms with E-state index in [9.17, 15) is 9.59 Å². The highest BCUT2D eigenvalue weighted by Gasteiger charge is 2.47. The van der Waals surface area contributed by atoms with Crippen LogP contribution in [0.15, 0.2) is 0 Å². The third kappa shape index (κ3) is 2.84. The van der Waals surface area contributed by atoms with E-state index in [1.54, 1.807) is 4.90 Å². The Morgan fingerprint density at radius 1 is 1.44 bits per heavy atom. The van der Waals surface area contributed by atoms with Crippen LogP contribution in [0.5, 0.6) is 0 Å². The van der Waals surface area contributed by atoms with Crippen molar-refractivity contribution in [1.82, 2.24) is 4.90 Å². The number of carbonyl (C=O) groups is 2. The molecule has 0 spiro atoms. The average Bonchev–Trinajstić information content (AvgIpc) is 2.53. The number of hydrogen-bond donors (Lipinski definition) is 0. The molecule has 4 heteroatoms. The topological polar surface area (TPSA) is 46.6 Å². The molecule has 0 radical (unpaired) electrons. The lowest BCUT2D eigenvalue weighted by Crippen LogP contribution is -2.38. The van der Waals surface area contributed by atoms with Crippen LogP contribution in [0.25, 0.3) is 0 Å². The van der Waals surface area contributed by atoms with Crippen molar-refractivity contribution in [2.75, 3.05) is 13.1 Å². The van der Waals surface area contributed by atoms with Gasteiger partial charge in [0.25, 0.3) is 0 Å². The molecule has 1 rings (SSSR count). The average molecular weight is 251 g/mol. The molecule has 0 bridgehead atoms. The smallest absolute Gasteiger partial charge is 0.410 e. The van der Waals surface area contributed by atoms with Crippen molar-refractivity contribution in [3.05, 3.63) is 0 Å². The maximum Gasteiger partial charge on any atom is 0.410 e. The summed E-state index contributed by atoms with van der Waals surface area (Å²) in [4.78, 5) is 25.3. The number of ether oxygens (including phenoxy) is 1. The zero-order valence-electron chi connectivity index (χ0n) is 11.7. The molecule has 4 nitrogen and oxygen atoms in total. The molecule has 1 heterocycles.